The van der Waals surface area contributed by atoms with Gasteiger partial charge in [0.05, 0.1) is 0 Å². The van der Waals surface area contributed by atoms with Crippen molar-refractivity contribution >= 4 is 28.4 Å². The number of halogens is 1. The van der Waals surface area contributed by atoms with Crippen LogP contribution in [-0.2, 0) is 12.8 Å². The summed E-state index contributed by atoms with van der Waals surface area (Å²) < 4.78 is 1.17. The lowest BCUT2D eigenvalue weighted by Gasteiger charge is -2.23. The molecule has 1 unspecified atom stereocenters. The topological polar surface area (TPSA) is 17.1 Å². The number of rotatable bonds is 2. The van der Waals surface area contributed by atoms with Crippen LogP contribution in [0.4, 0.5) is 0 Å². The lowest BCUT2D eigenvalue weighted by Crippen LogP contribution is -2.22. The third-order valence-corrected chi connectivity index (χ3v) is 4.57. The van der Waals surface area contributed by atoms with Crippen LogP contribution in [0.15, 0.2) is 48.5 Å². The van der Waals surface area contributed by atoms with E-state index in [1.807, 2.05) is 24.3 Å². The Morgan fingerprint density at radius 3 is 2.42 bits per heavy atom. The highest BCUT2D eigenvalue weighted by atomic mass is 127. The van der Waals surface area contributed by atoms with Crippen LogP contribution in [0, 0.1) is 9.49 Å². The lowest BCUT2D eigenvalue weighted by molar-refractivity contribution is 0.0908. The lowest BCUT2D eigenvalue weighted by atomic mass is 9.80. The third-order valence-electron chi connectivity index (χ3n) is 3.85. The maximum absolute atomic E-state index is 12.5. The molecular weight excluding hydrogens is 347 g/mol. The van der Waals surface area contributed by atoms with Gasteiger partial charge < -0.3 is 0 Å². The van der Waals surface area contributed by atoms with Crippen LogP contribution < -0.4 is 0 Å². The highest BCUT2D eigenvalue weighted by molar-refractivity contribution is 14.1. The van der Waals surface area contributed by atoms with Crippen LogP contribution in [0.1, 0.15) is 27.9 Å². The second kappa shape index (κ2) is 5.45. The minimum Gasteiger partial charge on any atom is -0.294 e. The van der Waals surface area contributed by atoms with Gasteiger partial charge in [-0.2, -0.15) is 0 Å². The van der Waals surface area contributed by atoms with E-state index in [1.165, 1.54) is 14.7 Å². The van der Waals surface area contributed by atoms with Crippen LogP contribution in [0.3, 0.4) is 0 Å². The third kappa shape index (κ3) is 2.73. The average Bonchev–Trinajstić information content (AvgIpc) is 2.47. The zero-order chi connectivity index (χ0) is 13.2. The van der Waals surface area contributed by atoms with Gasteiger partial charge in [-0.1, -0.05) is 36.4 Å². The van der Waals surface area contributed by atoms with Gasteiger partial charge in [-0.3, -0.25) is 4.79 Å². The van der Waals surface area contributed by atoms with E-state index in [9.17, 15) is 4.79 Å². The molecule has 2 heteroatoms. The summed E-state index contributed by atoms with van der Waals surface area (Å²) in [5.41, 5.74) is 3.61. The van der Waals surface area contributed by atoms with E-state index in [4.69, 9.17) is 0 Å². The predicted octanol–water partition coefficient (Wildman–Crippen LogP) is 4.28. The molecule has 2 aromatic carbocycles. The van der Waals surface area contributed by atoms with Crippen LogP contribution >= 0.6 is 22.6 Å². The molecule has 0 fully saturated rings. The van der Waals surface area contributed by atoms with Gasteiger partial charge in [0.2, 0.25) is 0 Å². The Bertz CT molecular complexity index is 601. The molecule has 2 aromatic rings. The van der Waals surface area contributed by atoms with Gasteiger partial charge in [0.15, 0.2) is 5.78 Å². The van der Waals surface area contributed by atoms with Gasteiger partial charge >= 0.3 is 0 Å². The minimum atomic E-state index is 0.148. The van der Waals surface area contributed by atoms with Gasteiger partial charge in [0.1, 0.15) is 0 Å². The first-order chi connectivity index (χ1) is 9.24. The number of hydrogen-bond acceptors (Lipinski definition) is 1. The first kappa shape index (κ1) is 12.9. The van der Waals surface area contributed by atoms with E-state index in [2.05, 4.69) is 46.9 Å². The number of aryl methyl sites for hydroxylation is 1. The number of fused-ring (bicyclic) bond motifs is 1. The molecule has 19 heavy (non-hydrogen) atoms. The molecule has 0 amide bonds. The number of Topliss-reactive ketones (excluding diaryl/α,β-unsaturated/α-hetero) is 1. The summed E-state index contributed by atoms with van der Waals surface area (Å²) >= 11 is 2.26. The fourth-order valence-corrected chi connectivity index (χ4v) is 3.13. The molecule has 0 spiro atoms. The second-order valence-electron chi connectivity index (χ2n) is 5.08. The van der Waals surface area contributed by atoms with Gasteiger partial charge in [-0.25, -0.2) is 0 Å². The molecule has 0 bridgehead atoms. The Kier molecular flexibility index (Phi) is 3.69. The summed E-state index contributed by atoms with van der Waals surface area (Å²) in [4.78, 5) is 12.5. The Morgan fingerprint density at radius 1 is 1.00 bits per heavy atom. The number of carbonyl (C=O) groups excluding carboxylic acids is 1. The summed E-state index contributed by atoms with van der Waals surface area (Å²) in [6, 6.07) is 16.4. The van der Waals surface area contributed by atoms with Gasteiger partial charge in [0.25, 0.3) is 0 Å². The molecule has 3 rings (SSSR count). The van der Waals surface area contributed by atoms with Crippen LogP contribution in [0.25, 0.3) is 0 Å². The molecule has 96 valence electrons. The zero-order valence-corrected chi connectivity index (χ0v) is 12.8. The zero-order valence-electron chi connectivity index (χ0n) is 10.6. The van der Waals surface area contributed by atoms with Crippen molar-refractivity contribution in [2.24, 2.45) is 5.92 Å². The molecule has 0 radical (unpaired) electrons. The van der Waals surface area contributed by atoms with Crippen molar-refractivity contribution in [1.82, 2.24) is 0 Å². The van der Waals surface area contributed by atoms with E-state index < -0.39 is 0 Å². The molecule has 0 saturated carbocycles. The summed E-state index contributed by atoms with van der Waals surface area (Å²) in [7, 11) is 0. The monoisotopic (exact) mass is 362 g/mol. The quantitative estimate of drug-likeness (QED) is 0.576. The van der Waals surface area contributed by atoms with Gasteiger partial charge in [-0.15, -0.1) is 0 Å². The SMILES string of the molecule is O=C(c1ccc(I)cc1)C1CCc2ccccc2C1. The molecule has 0 N–H and O–H groups in total. The standard InChI is InChI=1S/C17H15IO/c18-16-9-7-13(8-10-16)17(19)15-6-5-12-3-1-2-4-14(12)11-15/h1-4,7-10,15H,5-6,11H2. The van der Waals surface area contributed by atoms with Crippen LogP contribution in [-0.4, -0.2) is 5.78 Å². The Morgan fingerprint density at radius 2 is 1.68 bits per heavy atom. The average molecular weight is 362 g/mol. The molecule has 0 aliphatic heterocycles. The van der Waals surface area contributed by atoms with Crippen molar-refractivity contribution < 1.29 is 4.79 Å². The first-order valence-corrected chi connectivity index (χ1v) is 7.68. The van der Waals surface area contributed by atoms with Crippen molar-refractivity contribution in [3.05, 3.63) is 68.8 Å². The number of benzene rings is 2. The van der Waals surface area contributed by atoms with Crippen molar-refractivity contribution in [2.45, 2.75) is 19.3 Å². The molecule has 0 saturated heterocycles. The first-order valence-electron chi connectivity index (χ1n) is 6.60. The fraction of sp³-hybridized carbons (Fsp3) is 0.235. The van der Waals surface area contributed by atoms with E-state index >= 15 is 0 Å². The van der Waals surface area contributed by atoms with E-state index in [0.29, 0.717) is 5.78 Å². The van der Waals surface area contributed by atoms with Gasteiger partial charge in [-0.05, 0) is 65.1 Å². The summed E-state index contributed by atoms with van der Waals surface area (Å²) in [5, 5.41) is 0. The molecule has 0 heterocycles. The Labute approximate surface area is 127 Å². The summed E-state index contributed by atoms with van der Waals surface area (Å²) in [6.45, 7) is 0. The predicted molar refractivity (Wildman–Crippen MR) is 85.4 cm³/mol. The maximum Gasteiger partial charge on any atom is 0.166 e. The number of ketones is 1. The molecule has 1 atom stereocenters. The minimum absolute atomic E-state index is 0.148. The normalized spacial score (nSPS) is 17.8. The summed E-state index contributed by atoms with van der Waals surface area (Å²) in [5.74, 6) is 0.445. The Hall–Kier alpha value is -1.16. The van der Waals surface area contributed by atoms with E-state index in [0.717, 1.165) is 24.8 Å². The molecule has 1 aliphatic carbocycles. The molecule has 1 aliphatic rings. The smallest absolute Gasteiger partial charge is 0.166 e. The van der Waals surface area contributed by atoms with E-state index in [-0.39, 0.29) is 5.92 Å². The maximum atomic E-state index is 12.5. The highest BCUT2D eigenvalue weighted by Gasteiger charge is 2.25. The van der Waals surface area contributed by atoms with E-state index in [1.54, 1.807) is 0 Å². The summed E-state index contributed by atoms with van der Waals surface area (Å²) in [6.07, 6.45) is 2.89. The van der Waals surface area contributed by atoms with Gasteiger partial charge in [0, 0.05) is 15.1 Å². The van der Waals surface area contributed by atoms with Crippen molar-refractivity contribution in [3.8, 4) is 0 Å². The molecular formula is C17H15IO. The second-order valence-corrected chi connectivity index (χ2v) is 6.33. The largest absolute Gasteiger partial charge is 0.294 e. The Balaban J connectivity index is 1.81. The fourth-order valence-electron chi connectivity index (χ4n) is 2.77. The number of hydrogen-bond donors (Lipinski definition) is 0. The van der Waals surface area contributed by atoms with Crippen molar-refractivity contribution in [1.29, 1.82) is 0 Å². The number of carbonyl (C=O) groups is 1. The van der Waals surface area contributed by atoms with Crippen LogP contribution in [0.5, 0.6) is 0 Å². The highest BCUT2D eigenvalue weighted by Crippen LogP contribution is 2.28. The molecule has 1 nitrogen and oxygen atoms in total. The van der Waals surface area contributed by atoms with Crippen LogP contribution in [0.2, 0.25) is 0 Å². The molecule has 0 aromatic heterocycles. The van der Waals surface area contributed by atoms with Crippen molar-refractivity contribution in [2.75, 3.05) is 0 Å². The van der Waals surface area contributed by atoms with Crippen molar-refractivity contribution in [3.63, 3.8) is 0 Å².